The molecule has 0 saturated carbocycles. The molecule has 140 valence electrons. The summed E-state index contributed by atoms with van der Waals surface area (Å²) in [5.74, 6) is 0.332. The van der Waals surface area contributed by atoms with Crippen molar-refractivity contribution >= 4 is 29.3 Å². The highest BCUT2D eigenvalue weighted by Crippen LogP contribution is 2.27. The predicted octanol–water partition coefficient (Wildman–Crippen LogP) is 4.80. The molecule has 7 heteroatoms. The Morgan fingerprint density at radius 2 is 1.89 bits per heavy atom. The number of aryl methyl sites for hydroxylation is 2. The van der Waals surface area contributed by atoms with Gasteiger partial charge >= 0.3 is 0 Å². The molecule has 0 aliphatic carbocycles. The summed E-state index contributed by atoms with van der Waals surface area (Å²) >= 11 is 7.34. The Kier molecular flexibility index (Phi) is 6.19. The van der Waals surface area contributed by atoms with E-state index in [1.54, 1.807) is 13.0 Å². The highest BCUT2D eigenvalue weighted by molar-refractivity contribution is 8.00. The van der Waals surface area contributed by atoms with Crippen molar-refractivity contribution in [3.8, 4) is 11.5 Å². The highest BCUT2D eigenvalue weighted by Gasteiger charge is 2.19. The quantitative estimate of drug-likeness (QED) is 0.600. The molecule has 0 spiro atoms. The van der Waals surface area contributed by atoms with Crippen molar-refractivity contribution in [1.29, 1.82) is 0 Å². The second-order valence-electron chi connectivity index (χ2n) is 6.32. The van der Waals surface area contributed by atoms with Crippen molar-refractivity contribution in [2.24, 2.45) is 0 Å². The van der Waals surface area contributed by atoms with Gasteiger partial charge in [-0.25, -0.2) is 0 Å². The van der Waals surface area contributed by atoms with E-state index in [0.29, 0.717) is 22.7 Å². The Morgan fingerprint density at radius 3 is 2.59 bits per heavy atom. The Bertz CT molecular complexity index is 938. The van der Waals surface area contributed by atoms with E-state index >= 15 is 0 Å². The number of carbonyl (C=O) groups excluding carboxylic acids is 1. The zero-order chi connectivity index (χ0) is 19.4. The van der Waals surface area contributed by atoms with Crippen molar-refractivity contribution in [2.75, 3.05) is 0 Å². The van der Waals surface area contributed by atoms with Crippen LogP contribution in [0.25, 0.3) is 11.5 Å². The van der Waals surface area contributed by atoms with Crippen molar-refractivity contribution in [3.63, 3.8) is 0 Å². The minimum Gasteiger partial charge on any atom is -0.411 e. The minimum absolute atomic E-state index is 0.119. The van der Waals surface area contributed by atoms with Crippen LogP contribution in [0.3, 0.4) is 0 Å². The number of hydrogen-bond acceptors (Lipinski definition) is 5. The van der Waals surface area contributed by atoms with Gasteiger partial charge < -0.3 is 9.73 Å². The normalized spacial score (nSPS) is 12.0. The lowest BCUT2D eigenvalue weighted by molar-refractivity contribution is -0.120. The summed E-state index contributed by atoms with van der Waals surface area (Å²) in [4.78, 5) is 12.3. The van der Waals surface area contributed by atoms with Crippen LogP contribution >= 0.6 is 23.4 Å². The maximum atomic E-state index is 12.3. The Morgan fingerprint density at radius 1 is 1.19 bits per heavy atom. The third-order valence-electron chi connectivity index (χ3n) is 3.93. The molecular weight excluding hydrogens is 382 g/mol. The lowest BCUT2D eigenvalue weighted by Crippen LogP contribution is -2.30. The van der Waals surface area contributed by atoms with Crippen LogP contribution in [0.1, 0.15) is 23.6 Å². The van der Waals surface area contributed by atoms with E-state index in [2.05, 4.69) is 21.6 Å². The first-order chi connectivity index (χ1) is 12.9. The fourth-order valence-corrected chi connectivity index (χ4v) is 3.56. The molecule has 1 heterocycles. The number of aromatic nitrogens is 2. The standard InChI is InChI=1S/C20H20ClN3O2S/c1-12-8-13(2)10-16(9-12)19-23-24-20(26-19)27-14(3)18(25)22-11-15-6-4-5-7-17(15)21/h4-10,14H,11H2,1-3H3,(H,22,25)/t14-/m1/s1. The van der Waals surface area contributed by atoms with Crippen molar-refractivity contribution in [3.05, 3.63) is 64.2 Å². The first-order valence-corrected chi connectivity index (χ1v) is 9.78. The summed E-state index contributed by atoms with van der Waals surface area (Å²) in [7, 11) is 0. The number of halogens is 1. The molecule has 2 aromatic carbocycles. The smallest absolute Gasteiger partial charge is 0.277 e. The second-order valence-corrected chi connectivity index (χ2v) is 8.02. The van der Waals surface area contributed by atoms with E-state index in [1.165, 1.54) is 11.8 Å². The van der Waals surface area contributed by atoms with Crippen molar-refractivity contribution < 1.29 is 9.21 Å². The summed E-state index contributed by atoms with van der Waals surface area (Å²) < 4.78 is 5.72. The average molecular weight is 402 g/mol. The maximum absolute atomic E-state index is 12.3. The van der Waals surface area contributed by atoms with Crippen molar-refractivity contribution in [2.45, 2.75) is 37.8 Å². The van der Waals surface area contributed by atoms with E-state index < -0.39 is 0 Å². The third kappa shape index (κ3) is 5.11. The Balaban J connectivity index is 1.61. The number of amides is 1. The number of rotatable bonds is 6. The molecule has 3 rings (SSSR count). The maximum Gasteiger partial charge on any atom is 0.277 e. The zero-order valence-corrected chi connectivity index (χ0v) is 16.9. The minimum atomic E-state index is -0.375. The van der Waals surface area contributed by atoms with Gasteiger partial charge in [0.05, 0.1) is 5.25 Å². The first-order valence-electron chi connectivity index (χ1n) is 8.52. The molecule has 0 saturated heterocycles. The van der Waals surface area contributed by atoms with Crippen LogP contribution in [-0.4, -0.2) is 21.4 Å². The molecule has 0 unspecified atom stereocenters. The van der Waals surface area contributed by atoms with Gasteiger partial charge in [-0.2, -0.15) is 0 Å². The van der Waals surface area contributed by atoms with Gasteiger partial charge in [-0.1, -0.05) is 58.8 Å². The molecule has 5 nitrogen and oxygen atoms in total. The number of hydrogen-bond donors (Lipinski definition) is 1. The predicted molar refractivity (Wildman–Crippen MR) is 108 cm³/mol. The number of nitrogens with zero attached hydrogens (tertiary/aromatic N) is 2. The molecule has 1 N–H and O–H groups in total. The molecule has 0 bridgehead atoms. The van der Waals surface area contributed by atoms with Gasteiger partial charge in [0.1, 0.15) is 0 Å². The molecule has 1 amide bonds. The lowest BCUT2D eigenvalue weighted by Gasteiger charge is -2.10. The molecule has 0 fully saturated rings. The molecule has 1 aromatic heterocycles. The van der Waals surface area contributed by atoms with E-state index in [9.17, 15) is 4.79 Å². The van der Waals surface area contributed by atoms with Crippen LogP contribution in [0.2, 0.25) is 5.02 Å². The van der Waals surface area contributed by atoms with Gasteiger partial charge in [0.2, 0.25) is 11.8 Å². The number of thioether (sulfide) groups is 1. The summed E-state index contributed by atoms with van der Waals surface area (Å²) in [6.45, 7) is 6.22. The van der Waals surface area contributed by atoms with Gasteiger partial charge in [0.15, 0.2) is 0 Å². The second kappa shape index (κ2) is 8.59. The van der Waals surface area contributed by atoms with Crippen LogP contribution in [0.4, 0.5) is 0 Å². The van der Waals surface area contributed by atoms with E-state index in [4.69, 9.17) is 16.0 Å². The van der Waals surface area contributed by atoms with E-state index in [-0.39, 0.29) is 11.2 Å². The molecular formula is C20H20ClN3O2S. The number of carbonyl (C=O) groups is 1. The largest absolute Gasteiger partial charge is 0.411 e. The number of nitrogens with one attached hydrogen (secondary N) is 1. The molecule has 0 aliphatic heterocycles. The third-order valence-corrected chi connectivity index (χ3v) is 5.24. The van der Waals surface area contributed by atoms with Crippen molar-refractivity contribution in [1.82, 2.24) is 15.5 Å². The SMILES string of the molecule is Cc1cc(C)cc(-c2nnc(S[C@H](C)C(=O)NCc3ccccc3Cl)o2)c1. The van der Waals surface area contributed by atoms with E-state index in [1.807, 2.05) is 44.2 Å². The fraction of sp³-hybridized carbons (Fsp3) is 0.250. The van der Waals surface area contributed by atoms with Gasteiger partial charge in [-0.3, -0.25) is 4.79 Å². The van der Waals surface area contributed by atoms with Crippen LogP contribution in [0.5, 0.6) is 0 Å². The molecule has 1 atom stereocenters. The molecule has 27 heavy (non-hydrogen) atoms. The van der Waals surface area contributed by atoms with Gasteiger partial charge in [-0.05, 0) is 44.5 Å². The summed E-state index contributed by atoms with van der Waals surface area (Å²) in [5, 5.41) is 11.7. The summed E-state index contributed by atoms with van der Waals surface area (Å²) in [6.07, 6.45) is 0. The van der Waals surface area contributed by atoms with Crippen LogP contribution in [0, 0.1) is 13.8 Å². The Hall–Kier alpha value is -2.31. The average Bonchev–Trinajstić information content (AvgIpc) is 3.08. The van der Waals surface area contributed by atoms with Crippen LogP contribution in [-0.2, 0) is 11.3 Å². The monoisotopic (exact) mass is 401 g/mol. The van der Waals surface area contributed by atoms with Crippen LogP contribution < -0.4 is 5.32 Å². The lowest BCUT2D eigenvalue weighted by atomic mass is 10.1. The zero-order valence-electron chi connectivity index (χ0n) is 15.3. The highest BCUT2D eigenvalue weighted by atomic mass is 35.5. The Labute approximate surface area is 167 Å². The topological polar surface area (TPSA) is 68.0 Å². The van der Waals surface area contributed by atoms with Gasteiger partial charge in [0, 0.05) is 17.1 Å². The number of benzene rings is 2. The van der Waals surface area contributed by atoms with E-state index in [0.717, 1.165) is 22.3 Å². The van der Waals surface area contributed by atoms with Gasteiger partial charge in [-0.15, -0.1) is 10.2 Å². The molecule has 3 aromatic rings. The molecule has 0 radical (unpaired) electrons. The fourth-order valence-electron chi connectivity index (χ4n) is 2.64. The molecule has 0 aliphatic rings. The first kappa shape index (κ1) is 19.5. The van der Waals surface area contributed by atoms with Crippen LogP contribution in [0.15, 0.2) is 52.1 Å². The summed E-state index contributed by atoms with van der Waals surface area (Å²) in [5.41, 5.74) is 4.01. The summed E-state index contributed by atoms with van der Waals surface area (Å²) in [6, 6.07) is 13.5. The van der Waals surface area contributed by atoms with Gasteiger partial charge in [0.25, 0.3) is 5.22 Å².